The minimum Gasteiger partial charge on any atom is -0.458 e. The topological polar surface area (TPSA) is 70.4 Å². The summed E-state index contributed by atoms with van der Waals surface area (Å²) in [5, 5.41) is 0.507. The van der Waals surface area contributed by atoms with Gasteiger partial charge in [-0.05, 0) is 17.2 Å². The van der Waals surface area contributed by atoms with Gasteiger partial charge in [0.15, 0.2) is 0 Å². The number of benzene rings is 2. The monoisotopic (exact) mass is 432 g/mol. The molecule has 31 heavy (non-hydrogen) atoms. The molecule has 2 aromatic carbocycles. The highest BCUT2D eigenvalue weighted by molar-refractivity contribution is 7.21. The van der Waals surface area contributed by atoms with Crippen LogP contribution in [0.25, 0.3) is 20.7 Å². The Morgan fingerprint density at radius 2 is 1.87 bits per heavy atom. The van der Waals surface area contributed by atoms with Crippen molar-refractivity contribution >= 4 is 27.5 Å². The van der Waals surface area contributed by atoms with Crippen LogP contribution in [0.3, 0.4) is 0 Å². The van der Waals surface area contributed by atoms with Gasteiger partial charge in [-0.2, -0.15) is 0 Å². The molecule has 5 rings (SSSR count). The number of fused-ring (bicyclic) bond motifs is 1. The van der Waals surface area contributed by atoms with E-state index in [0.29, 0.717) is 23.2 Å². The molecule has 0 saturated carbocycles. The summed E-state index contributed by atoms with van der Waals surface area (Å²) in [4.78, 5) is 31.3. The fraction of sp³-hybridized carbons (Fsp3) is 0.208. The highest BCUT2D eigenvalue weighted by Crippen LogP contribution is 2.31. The van der Waals surface area contributed by atoms with Crippen LogP contribution in [0.5, 0.6) is 0 Å². The first-order chi connectivity index (χ1) is 15.2. The second kappa shape index (κ2) is 8.45. The first-order valence-corrected chi connectivity index (χ1v) is 10.9. The third-order valence-corrected chi connectivity index (χ3v) is 6.40. The third kappa shape index (κ3) is 4.15. The van der Waals surface area contributed by atoms with E-state index >= 15 is 0 Å². The predicted molar refractivity (Wildman–Crippen MR) is 119 cm³/mol. The number of hydrogen-bond donors (Lipinski definition) is 0. The van der Waals surface area contributed by atoms with E-state index in [0.717, 1.165) is 16.0 Å². The van der Waals surface area contributed by atoms with Crippen LogP contribution in [0.1, 0.15) is 18.1 Å². The Kier molecular flexibility index (Phi) is 5.36. The van der Waals surface area contributed by atoms with E-state index in [4.69, 9.17) is 9.47 Å². The molecule has 0 bridgehead atoms. The van der Waals surface area contributed by atoms with Gasteiger partial charge in [-0.3, -0.25) is 14.2 Å². The third-order valence-electron chi connectivity index (χ3n) is 5.31. The average molecular weight is 433 g/mol. The van der Waals surface area contributed by atoms with Crippen LogP contribution in [-0.2, 0) is 20.8 Å². The Balaban J connectivity index is 1.28. The van der Waals surface area contributed by atoms with Gasteiger partial charge >= 0.3 is 5.97 Å². The molecule has 7 heteroatoms. The first kappa shape index (κ1) is 19.7. The van der Waals surface area contributed by atoms with E-state index in [1.54, 1.807) is 0 Å². The molecule has 156 valence electrons. The SMILES string of the molecule is O=C(Cn1cnc2sc(-c3ccccc3)cc2c1=O)OC1COC(c2ccccc2)C1. The number of rotatable bonds is 5. The van der Waals surface area contributed by atoms with Crippen LogP contribution >= 0.6 is 11.3 Å². The lowest BCUT2D eigenvalue weighted by atomic mass is 10.1. The van der Waals surface area contributed by atoms with Crippen LogP contribution in [-0.4, -0.2) is 28.2 Å². The van der Waals surface area contributed by atoms with Crippen LogP contribution < -0.4 is 5.56 Å². The van der Waals surface area contributed by atoms with Crippen molar-refractivity contribution in [2.24, 2.45) is 0 Å². The minimum absolute atomic E-state index is 0.0815. The molecule has 2 aromatic heterocycles. The zero-order valence-corrected chi connectivity index (χ0v) is 17.5. The second-order valence-electron chi connectivity index (χ2n) is 7.45. The van der Waals surface area contributed by atoms with Crippen LogP contribution in [0.2, 0.25) is 0 Å². The molecular formula is C24H20N2O4S. The fourth-order valence-electron chi connectivity index (χ4n) is 3.76. The first-order valence-electron chi connectivity index (χ1n) is 10.1. The van der Waals surface area contributed by atoms with Crippen molar-refractivity contribution in [3.05, 3.63) is 89.0 Å². The Bertz CT molecular complexity index is 1270. The summed E-state index contributed by atoms with van der Waals surface area (Å²) < 4.78 is 12.6. The number of esters is 1. The van der Waals surface area contributed by atoms with Crippen LogP contribution in [0.15, 0.2) is 77.9 Å². The van der Waals surface area contributed by atoms with Crippen molar-refractivity contribution in [2.45, 2.75) is 25.2 Å². The normalized spacial score (nSPS) is 18.3. The van der Waals surface area contributed by atoms with E-state index in [1.165, 1.54) is 22.2 Å². The summed E-state index contributed by atoms with van der Waals surface area (Å²) in [6, 6.07) is 21.6. The van der Waals surface area contributed by atoms with E-state index < -0.39 is 5.97 Å². The molecule has 0 aliphatic carbocycles. The molecule has 1 aliphatic rings. The van der Waals surface area contributed by atoms with Crippen molar-refractivity contribution in [3.8, 4) is 10.4 Å². The van der Waals surface area contributed by atoms with E-state index in [9.17, 15) is 9.59 Å². The van der Waals surface area contributed by atoms with E-state index in [2.05, 4.69) is 4.98 Å². The number of carbonyl (C=O) groups excluding carboxylic acids is 1. The highest BCUT2D eigenvalue weighted by Gasteiger charge is 2.29. The molecule has 1 fully saturated rings. The summed E-state index contributed by atoms with van der Waals surface area (Å²) in [6.07, 6.45) is 1.61. The quantitative estimate of drug-likeness (QED) is 0.442. The summed E-state index contributed by atoms with van der Waals surface area (Å²) in [6.45, 7) is 0.174. The molecule has 2 unspecified atom stereocenters. The summed E-state index contributed by atoms with van der Waals surface area (Å²) in [5.41, 5.74) is 1.86. The molecule has 0 N–H and O–H groups in total. The largest absolute Gasteiger partial charge is 0.458 e. The molecule has 3 heterocycles. The maximum absolute atomic E-state index is 12.9. The van der Waals surface area contributed by atoms with Crippen molar-refractivity contribution in [2.75, 3.05) is 6.61 Å². The van der Waals surface area contributed by atoms with Gasteiger partial charge in [0.1, 0.15) is 17.5 Å². The Hall–Kier alpha value is -3.29. The zero-order chi connectivity index (χ0) is 21.2. The second-order valence-corrected chi connectivity index (χ2v) is 8.48. The number of carbonyl (C=O) groups is 1. The minimum atomic E-state index is -0.468. The van der Waals surface area contributed by atoms with Gasteiger partial charge < -0.3 is 9.47 Å². The fourth-order valence-corrected chi connectivity index (χ4v) is 4.75. The van der Waals surface area contributed by atoms with Gasteiger partial charge in [0.25, 0.3) is 5.56 Å². The lowest BCUT2D eigenvalue weighted by Crippen LogP contribution is -2.28. The van der Waals surface area contributed by atoms with Crippen molar-refractivity contribution in [3.63, 3.8) is 0 Å². The molecule has 2 atom stereocenters. The predicted octanol–water partition coefficient (Wildman–Crippen LogP) is 4.20. The Morgan fingerprint density at radius 3 is 2.65 bits per heavy atom. The van der Waals surface area contributed by atoms with E-state index in [-0.39, 0.29) is 24.3 Å². The Labute approximate surface area is 182 Å². The lowest BCUT2D eigenvalue weighted by molar-refractivity contribution is -0.149. The molecule has 1 saturated heterocycles. The molecular weight excluding hydrogens is 412 g/mol. The molecule has 0 amide bonds. The molecule has 4 aromatic rings. The number of thiophene rings is 1. The summed E-state index contributed by atoms with van der Waals surface area (Å²) in [7, 11) is 0. The van der Waals surface area contributed by atoms with Crippen LogP contribution in [0, 0.1) is 0 Å². The van der Waals surface area contributed by atoms with Gasteiger partial charge in [-0.1, -0.05) is 60.7 Å². The molecule has 6 nitrogen and oxygen atoms in total. The van der Waals surface area contributed by atoms with Crippen molar-refractivity contribution < 1.29 is 14.3 Å². The Morgan fingerprint density at radius 1 is 1.13 bits per heavy atom. The maximum Gasteiger partial charge on any atom is 0.326 e. The standard InChI is InChI=1S/C24H20N2O4S/c27-22(30-18-11-20(29-14-18)16-7-3-1-4-8-16)13-26-15-25-23-19(24(26)28)12-21(31-23)17-9-5-2-6-10-17/h1-10,12,15,18,20H,11,13-14H2. The van der Waals surface area contributed by atoms with Gasteiger partial charge in [0.2, 0.25) is 0 Å². The summed E-state index contributed by atoms with van der Waals surface area (Å²) in [5.74, 6) is -0.468. The lowest BCUT2D eigenvalue weighted by Gasteiger charge is -2.12. The molecule has 1 aliphatic heterocycles. The van der Waals surface area contributed by atoms with Crippen molar-refractivity contribution in [1.82, 2.24) is 9.55 Å². The van der Waals surface area contributed by atoms with Gasteiger partial charge in [-0.15, -0.1) is 11.3 Å². The van der Waals surface area contributed by atoms with E-state index in [1.807, 2.05) is 66.7 Å². The van der Waals surface area contributed by atoms with Crippen molar-refractivity contribution in [1.29, 1.82) is 0 Å². The highest BCUT2D eigenvalue weighted by atomic mass is 32.1. The van der Waals surface area contributed by atoms with Crippen LogP contribution in [0.4, 0.5) is 0 Å². The smallest absolute Gasteiger partial charge is 0.326 e. The average Bonchev–Trinajstić information content (AvgIpc) is 3.45. The van der Waals surface area contributed by atoms with Gasteiger partial charge in [-0.25, -0.2) is 4.98 Å². The van der Waals surface area contributed by atoms with Gasteiger partial charge in [0, 0.05) is 11.3 Å². The number of ether oxygens (including phenoxy) is 2. The molecule has 0 radical (unpaired) electrons. The number of aromatic nitrogens is 2. The molecule has 0 spiro atoms. The maximum atomic E-state index is 12.9. The number of nitrogens with zero attached hydrogens (tertiary/aromatic N) is 2. The van der Waals surface area contributed by atoms with Gasteiger partial charge in [0.05, 0.1) is 24.4 Å². The zero-order valence-electron chi connectivity index (χ0n) is 16.6. The summed E-state index contributed by atoms with van der Waals surface area (Å²) >= 11 is 1.46. The number of hydrogen-bond acceptors (Lipinski definition) is 6.